The Morgan fingerprint density at radius 3 is 2.47 bits per heavy atom. The molecule has 0 amide bonds. The van der Waals surface area contributed by atoms with Crippen LogP contribution < -0.4 is 20.5 Å². The lowest BCUT2D eigenvalue weighted by Gasteiger charge is -2.15. The number of nitrogens with zero attached hydrogens (tertiary/aromatic N) is 5. The van der Waals surface area contributed by atoms with Crippen LogP contribution in [0.25, 0.3) is 28.0 Å². The number of methoxy groups -OCH3 is 2. The number of nitrogens with one attached hydrogen (secondary N) is 1. The number of benzene rings is 2. The van der Waals surface area contributed by atoms with Crippen molar-refractivity contribution < 1.29 is 9.47 Å². The summed E-state index contributed by atoms with van der Waals surface area (Å²) >= 11 is 0. The third-order valence-electron chi connectivity index (χ3n) is 6.14. The van der Waals surface area contributed by atoms with Crippen molar-refractivity contribution in [3.05, 3.63) is 48.5 Å². The molecule has 1 fully saturated rings. The monoisotopic (exact) mass is 459 g/mol. The van der Waals surface area contributed by atoms with Crippen molar-refractivity contribution in [3.8, 4) is 28.4 Å². The number of hydrogen-bond donors (Lipinski definition) is 2. The first-order chi connectivity index (χ1) is 16.7. The number of rotatable bonds is 8. The van der Waals surface area contributed by atoms with Crippen LogP contribution in [0.1, 0.15) is 12.8 Å². The van der Waals surface area contributed by atoms with Crippen molar-refractivity contribution in [2.45, 2.75) is 12.8 Å². The smallest absolute Gasteiger partial charge is 0.225 e. The molecule has 0 saturated carbocycles. The zero-order valence-electron chi connectivity index (χ0n) is 19.5. The number of aromatic nitrogens is 4. The van der Waals surface area contributed by atoms with E-state index in [0.717, 1.165) is 48.9 Å². The molecule has 0 radical (unpaired) electrons. The Balaban J connectivity index is 1.57. The van der Waals surface area contributed by atoms with Crippen LogP contribution in [0.2, 0.25) is 0 Å². The number of ether oxygens (including phenoxy) is 2. The molecule has 2 aromatic heterocycles. The standard InChI is InChI=1S/C25H29N7O2/c1-33-19-10-8-18(9-11-19)32-23(26)21-22(17-6-5-7-20(16-17)34-2)28-25(29-24(21)30-32)27-12-15-31-13-3-4-14-31/h5-11,16H,3-4,12-15,26H2,1-2H3,(H,27,29,30). The lowest BCUT2D eigenvalue weighted by atomic mass is 10.1. The lowest BCUT2D eigenvalue weighted by Crippen LogP contribution is -2.26. The van der Waals surface area contributed by atoms with Gasteiger partial charge < -0.3 is 25.4 Å². The molecule has 0 atom stereocenters. The summed E-state index contributed by atoms with van der Waals surface area (Å²) in [5.41, 5.74) is 9.56. The van der Waals surface area contributed by atoms with E-state index in [2.05, 4.69) is 10.2 Å². The number of likely N-dealkylation sites (tertiary alicyclic amines) is 1. The van der Waals surface area contributed by atoms with Gasteiger partial charge in [0.05, 0.1) is 31.0 Å². The minimum absolute atomic E-state index is 0.474. The summed E-state index contributed by atoms with van der Waals surface area (Å²) in [6.45, 7) is 4.02. The Labute approximate surface area is 198 Å². The SMILES string of the molecule is COc1ccc(-n2nc3nc(NCCN4CCCC4)nc(-c4cccc(OC)c4)c3c2N)cc1. The minimum atomic E-state index is 0.474. The average Bonchev–Trinajstić information content (AvgIpc) is 3.51. The Kier molecular flexibility index (Phi) is 6.18. The predicted octanol–water partition coefficient (Wildman–Crippen LogP) is 3.59. The molecule has 0 unspecified atom stereocenters. The van der Waals surface area contributed by atoms with Crippen LogP contribution in [0.15, 0.2) is 48.5 Å². The van der Waals surface area contributed by atoms with Crippen LogP contribution in [0.4, 0.5) is 11.8 Å². The number of nitrogens with two attached hydrogens (primary N) is 1. The van der Waals surface area contributed by atoms with E-state index < -0.39 is 0 Å². The first kappa shape index (κ1) is 22.0. The molecule has 34 heavy (non-hydrogen) atoms. The molecule has 176 valence electrons. The van der Waals surface area contributed by atoms with Gasteiger partial charge in [0.1, 0.15) is 17.3 Å². The highest BCUT2D eigenvalue weighted by atomic mass is 16.5. The van der Waals surface area contributed by atoms with E-state index in [1.54, 1.807) is 18.9 Å². The van der Waals surface area contributed by atoms with Gasteiger partial charge in [-0.3, -0.25) is 0 Å². The summed E-state index contributed by atoms with van der Waals surface area (Å²) in [5.74, 6) is 2.51. The van der Waals surface area contributed by atoms with E-state index in [1.807, 2.05) is 48.5 Å². The van der Waals surface area contributed by atoms with Crippen LogP contribution in [-0.2, 0) is 0 Å². The van der Waals surface area contributed by atoms with Crippen molar-refractivity contribution in [2.75, 3.05) is 51.4 Å². The van der Waals surface area contributed by atoms with Crippen LogP contribution in [0.3, 0.4) is 0 Å². The molecule has 0 spiro atoms. The molecular formula is C25H29N7O2. The van der Waals surface area contributed by atoms with Gasteiger partial charge in [0.15, 0.2) is 5.65 Å². The predicted molar refractivity (Wildman–Crippen MR) is 134 cm³/mol. The van der Waals surface area contributed by atoms with Gasteiger partial charge in [-0.25, -0.2) is 9.67 Å². The minimum Gasteiger partial charge on any atom is -0.497 e. The van der Waals surface area contributed by atoms with Crippen LogP contribution in [0.5, 0.6) is 11.5 Å². The molecule has 1 aliphatic heterocycles. The second kappa shape index (κ2) is 9.56. The van der Waals surface area contributed by atoms with Gasteiger partial charge in [-0.1, -0.05) is 12.1 Å². The maximum absolute atomic E-state index is 6.61. The molecule has 4 aromatic rings. The topological polar surface area (TPSA) is 103 Å². The summed E-state index contributed by atoms with van der Waals surface area (Å²) in [7, 11) is 3.29. The van der Waals surface area contributed by atoms with Gasteiger partial charge in [0, 0.05) is 18.7 Å². The maximum atomic E-state index is 6.61. The van der Waals surface area contributed by atoms with Crippen molar-refractivity contribution >= 4 is 22.8 Å². The van der Waals surface area contributed by atoms with Gasteiger partial charge in [-0.2, -0.15) is 4.98 Å². The molecule has 1 saturated heterocycles. The summed E-state index contributed by atoms with van der Waals surface area (Å²) in [4.78, 5) is 12.0. The molecule has 2 aromatic carbocycles. The zero-order valence-corrected chi connectivity index (χ0v) is 19.5. The van der Waals surface area contributed by atoms with E-state index in [0.29, 0.717) is 28.5 Å². The summed E-state index contributed by atoms with van der Waals surface area (Å²) in [6.07, 6.45) is 2.54. The lowest BCUT2D eigenvalue weighted by molar-refractivity contribution is 0.352. The van der Waals surface area contributed by atoms with Crippen molar-refractivity contribution in [2.24, 2.45) is 0 Å². The van der Waals surface area contributed by atoms with Gasteiger partial charge in [0.2, 0.25) is 5.95 Å². The number of nitrogen functional groups attached to an aromatic ring is 1. The van der Waals surface area contributed by atoms with E-state index in [4.69, 9.17) is 30.3 Å². The van der Waals surface area contributed by atoms with Gasteiger partial charge in [0.25, 0.3) is 0 Å². The highest BCUT2D eigenvalue weighted by Crippen LogP contribution is 2.34. The Bertz CT molecular complexity index is 1280. The third-order valence-corrected chi connectivity index (χ3v) is 6.14. The van der Waals surface area contributed by atoms with Gasteiger partial charge in [-0.15, -0.1) is 5.10 Å². The van der Waals surface area contributed by atoms with Crippen molar-refractivity contribution in [1.82, 2.24) is 24.6 Å². The van der Waals surface area contributed by atoms with Crippen LogP contribution in [-0.4, -0.2) is 65.0 Å². The fraction of sp³-hybridized carbons (Fsp3) is 0.320. The van der Waals surface area contributed by atoms with Gasteiger partial charge >= 0.3 is 0 Å². The number of anilines is 2. The normalized spacial score (nSPS) is 13.9. The fourth-order valence-corrected chi connectivity index (χ4v) is 4.32. The Morgan fingerprint density at radius 2 is 1.74 bits per heavy atom. The quantitative estimate of drug-likeness (QED) is 0.412. The molecular weight excluding hydrogens is 430 g/mol. The largest absolute Gasteiger partial charge is 0.497 e. The number of fused-ring (bicyclic) bond motifs is 1. The maximum Gasteiger partial charge on any atom is 0.225 e. The van der Waals surface area contributed by atoms with Crippen LogP contribution in [0, 0.1) is 0 Å². The summed E-state index contributed by atoms with van der Waals surface area (Å²) < 4.78 is 12.4. The highest BCUT2D eigenvalue weighted by molar-refractivity contribution is 5.99. The molecule has 0 aliphatic carbocycles. The highest BCUT2D eigenvalue weighted by Gasteiger charge is 2.20. The summed E-state index contributed by atoms with van der Waals surface area (Å²) in [5, 5.41) is 8.82. The molecule has 3 N–H and O–H groups in total. The molecule has 5 rings (SSSR count). The molecule has 1 aliphatic rings. The molecule has 0 bridgehead atoms. The van der Waals surface area contributed by atoms with E-state index >= 15 is 0 Å². The molecule has 9 heteroatoms. The van der Waals surface area contributed by atoms with E-state index in [-0.39, 0.29) is 0 Å². The average molecular weight is 460 g/mol. The van der Waals surface area contributed by atoms with Crippen molar-refractivity contribution in [3.63, 3.8) is 0 Å². The summed E-state index contributed by atoms with van der Waals surface area (Å²) in [6, 6.07) is 15.3. The second-order valence-corrected chi connectivity index (χ2v) is 8.30. The molecule has 9 nitrogen and oxygen atoms in total. The van der Waals surface area contributed by atoms with E-state index in [1.165, 1.54) is 12.8 Å². The first-order valence-corrected chi connectivity index (χ1v) is 11.5. The third kappa shape index (κ3) is 4.34. The second-order valence-electron chi connectivity index (χ2n) is 8.30. The van der Waals surface area contributed by atoms with Crippen LogP contribution >= 0.6 is 0 Å². The first-order valence-electron chi connectivity index (χ1n) is 11.5. The fourth-order valence-electron chi connectivity index (χ4n) is 4.32. The Morgan fingerprint density at radius 1 is 0.971 bits per heavy atom. The molecule has 3 heterocycles. The Hall–Kier alpha value is -3.85. The van der Waals surface area contributed by atoms with E-state index in [9.17, 15) is 0 Å². The number of hydrogen-bond acceptors (Lipinski definition) is 8. The van der Waals surface area contributed by atoms with Crippen molar-refractivity contribution in [1.29, 1.82) is 0 Å². The zero-order chi connectivity index (χ0) is 23.5. The van der Waals surface area contributed by atoms with Gasteiger partial charge in [-0.05, 0) is 62.3 Å².